The zero-order valence-corrected chi connectivity index (χ0v) is 17.2. The summed E-state index contributed by atoms with van der Waals surface area (Å²) in [6.45, 7) is 4.65. The van der Waals surface area contributed by atoms with Gasteiger partial charge in [0.05, 0.1) is 9.80 Å². The summed E-state index contributed by atoms with van der Waals surface area (Å²) in [7, 11) is -3.73. The zero-order chi connectivity index (χ0) is 19.8. The van der Waals surface area contributed by atoms with Crippen molar-refractivity contribution in [3.63, 3.8) is 0 Å². The van der Waals surface area contributed by atoms with Crippen molar-refractivity contribution < 1.29 is 17.6 Å². The minimum absolute atomic E-state index is 0.0341. The minimum Gasteiger partial charge on any atom is -0.457 e. The maximum absolute atomic E-state index is 12.5. The van der Waals surface area contributed by atoms with Crippen molar-refractivity contribution in [2.24, 2.45) is 11.1 Å². The van der Waals surface area contributed by atoms with E-state index in [9.17, 15) is 13.2 Å². The Labute approximate surface area is 167 Å². The second-order valence-electron chi connectivity index (χ2n) is 6.46. The van der Waals surface area contributed by atoms with Crippen LogP contribution in [0.15, 0.2) is 50.6 Å². The summed E-state index contributed by atoms with van der Waals surface area (Å²) in [6.07, 6.45) is 1.67. The van der Waals surface area contributed by atoms with Crippen molar-refractivity contribution in [3.8, 4) is 11.3 Å². The summed E-state index contributed by atoms with van der Waals surface area (Å²) in [5, 5.41) is 5.10. The summed E-state index contributed by atoms with van der Waals surface area (Å²) in [5.41, 5.74) is 0.703. The van der Waals surface area contributed by atoms with E-state index in [1.807, 2.05) is 13.8 Å². The van der Waals surface area contributed by atoms with Gasteiger partial charge in [-0.05, 0) is 42.3 Å². The van der Waals surface area contributed by atoms with Gasteiger partial charge in [-0.1, -0.05) is 37.8 Å². The molecule has 1 fully saturated rings. The lowest BCUT2D eigenvalue weighted by Gasteiger charge is -2.16. The average Bonchev–Trinajstić information content (AvgIpc) is 3.15. The van der Waals surface area contributed by atoms with Crippen LogP contribution in [0.3, 0.4) is 0 Å². The van der Waals surface area contributed by atoms with Gasteiger partial charge in [-0.15, -0.1) is 0 Å². The summed E-state index contributed by atoms with van der Waals surface area (Å²) < 4.78 is 29.0. The Morgan fingerprint density at radius 1 is 1.22 bits per heavy atom. The topological polar surface area (TPSA) is 93.6 Å². The fraction of sp³-hybridized carbons (Fsp3) is 0.222. The molecule has 9 heteroatoms. The van der Waals surface area contributed by atoms with Crippen molar-refractivity contribution in [2.75, 3.05) is 6.54 Å². The number of carbonyl (C=O) groups is 1. The minimum atomic E-state index is -3.73. The van der Waals surface area contributed by atoms with Crippen molar-refractivity contribution in [1.82, 2.24) is 4.90 Å². The highest BCUT2D eigenvalue weighted by molar-refractivity contribution is 8.26. The molecule has 0 aliphatic carbocycles. The van der Waals surface area contributed by atoms with E-state index in [0.29, 0.717) is 38.8 Å². The first kappa shape index (κ1) is 19.8. The fourth-order valence-corrected chi connectivity index (χ4v) is 4.32. The molecule has 1 aliphatic rings. The van der Waals surface area contributed by atoms with E-state index < -0.39 is 10.0 Å². The van der Waals surface area contributed by atoms with Crippen molar-refractivity contribution in [2.45, 2.75) is 18.7 Å². The van der Waals surface area contributed by atoms with Crippen LogP contribution in [0.2, 0.25) is 0 Å². The molecule has 0 bridgehead atoms. The van der Waals surface area contributed by atoms with Crippen LogP contribution < -0.4 is 5.14 Å². The fourth-order valence-electron chi connectivity index (χ4n) is 2.55. The normalized spacial score (nSPS) is 16.7. The smallest absolute Gasteiger partial charge is 0.266 e. The molecule has 0 saturated carbocycles. The predicted molar refractivity (Wildman–Crippen MR) is 110 cm³/mol. The number of rotatable bonds is 5. The maximum atomic E-state index is 12.5. The van der Waals surface area contributed by atoms with Crippen molar-refractivity contribution >= 4 is 50.3 Å². The molecule has 2 aromatic rings. The molecular formula is C18H18N2O4S3. The van der Waals surface area contributed by atoms with Crippen LogP contribution in [-0.2, 0) is 14.8 Å². The van der Waals surface area contributed by atoms with Crippen LogP contribution in [-0.4, -0.2) is 30.1 Å². The quantitative estimate of drug-likeness (QED) is 0.586. The zero-order valence-electron chi connectivity index (χ0n) is 14.7. The number of amides is 1. The number of furan rings is 1. The molecule has 1 aliphatic heterocycles. The highest BCUT2D eigenvalue weighted by Crippen LogP contribution is 2.34. The molecule has 1 aromatic carbocycles. The molecule has 1 amide bonds. The molecule has 0 radical (unpaired) electrons. The van der Waals surface area contributed by atoms with Gasteiger partial charge in [0.15, 0.2) is 0 Å². The van der Waals surface area contributed by atoms with E-state index in [0.717, 1.165) is 0 Å². The van der Waals surface area contributed by atoms with Crippen LogP contribution in [0.5, 0.6) is 0 Å². The van der Waals surface area contributed by atoms with E-state index in [2.05, 4.69) is 0 Å². The standard InChI is InChI=1S/C18H18N2O4S3/c1-11(2)10-20-17(21)16(26-18(20)25)9-13-5-8-15(24-13)12-3-6-14(7-4-12)27(19,22)23/h3-9,11H,10H2,1-2H3,(H2,19,22,23)/b16-9+. The van der Waals surface area contributed by atoms with Gasteiger partial charge in [0.1, 0.15) is 15.8 Å². The number of thioether (sulfide) groups is 1. The summed E-state index contributed by atoms with van der Waals surface area (Å²) in [5.74, 6) is 1.28. The monoisotopic (exact) mass is 422 g/mol. The third kappa shape index (κ3) is 4.49. The number of thiocarbonyl (C=S) groups is 1. The molecule has 1 aromatic heterocycles. The van der Waals surface area contributed by atoms with Gasteiger partial charge in [-0.25, -0.2) is 13.6 Å². The van der Waals surface area contributed by atoms with Gasteiger partial charge in [0.2, 0.25) is 10.0 Å². The number of primary sulfonamides is 1. The highest BCUT2D eigenvalue weighted by Gasteiger charge is 2.32. The lowest BCUT2D eigenvalue weighted by Crippen LogP contribution is -2.31. The molecule has 2 heterocycles. The molecule has 27 heavy (non-hydrogen) atoms. The number of hydrogen-bond donors (Lipinski definition) is 1. The van der Waals surface area contributed by atoms with Gasteiger partial charge in [-0.2, -0.15) is 0 Å². The van der Waals surface area contributed by atoms with Gasteiger partial charge < -0.3 is 4.42 Å². The Morgan fingerprint density at radius 3 is 2.48 bits per heavy atom. The maximum Gasteiger partial charge on any atom is 0.266 e. The van der Waals surface area contributed by atoms with E-state index in [4.69, 9.17) is 21.8 Å². The molecule has 0 atom stereocenters. The average molecular weight is 423 g/mol. The van der Waals surface area contributed by atoms with Crippen LogP contribution in [0, 0.1) is 5.92 Å². The van der Waals surface area contributed by atoms with Crippen molar-refractivity contribution in [1.29, 1.82) is 0 Å². The Morgan fingerprint density at radius 2 is 1.89 bits per heavy atom. The first-order chi connectivity index (χ1) is 12.6. The predicted octanol–water partition coefficient (Wildman–Crippen LogP) is 3.45. The van der Waals surface area contributed by atoms with Gasteiger partial charge >= 0.3 is 0 Å². The van der Waals surface area contributed by atoms with Gasteiger partial charge in [0.25, 0.3) is 5.91 Å². The third-order valence-electron chi connectivity index (χ3n) is 3.79. The molecule has 0 spiro atoms. The summed E-state index contributed by atoms with van der Waals surface area (Å²) >= 11 is 6.55. The molecule has 2 N–H and O–H groups in total. The number of nitrogens with two attached hydrogens (primary N) is 1. The number of carbonyl (C=O) groups excluding carboxylic acids is 1. The highest BCUT2D eigenvalue weighted by atomic mass is 32.2. The molecule has 1 saturated heterocycles. The van der Waals surface area contributed by atoms with Gasteiger partial charge in [-0.3, -0.25) is 9.69 Å². The Kier molecular flexibility index (Phi) is 5.57. The molecule has 6 nitrogen and oxygen atoms in total. The van der Waals surface area contributed by atoms with Crippen LogP contribution in [0.4, 0.5) is 0 Å². The summed E-state index contributed by atoms with van der Waals surface area (Å²) in [4.78, 5) is 14.7. The second kappa shape index (κ2) is 7.59. The first-order valence-electron chi connectivity index (χ1n) is 8.13. The van der Waals surface area contributed by atoms with E-state index >= 15 is 0 Å². The number of nitrogens with zero attached hydrogens (tertiary/aromatic N) is 1. The molecule has 142 valence electrons. The van der Waals surface area contributed by atoms with Gasteiger partial charge in [0, 0.05) is 18.2 Å². The lowest BCUT2D eigenvalue weighted by atomic mass is 10.2. The Hall–Kier alpha value is -1.94. The van der Waals surface area contributed by atoms with E-state index in [1.54, 1.807) is 35.2 Å². The third-order valence-corrected chi connectivity index (χ3v) is 6.10. The van der Waals surface area contributed by atoms with Crippen LogP contribution >= 0.6 is 24.0 Å². The van der Waals surface area contributed by atoms with Crippen molar-refractivity contribution in [3.05, 3.63) is 47.1 Å². The SMILES string of the molecule is CC(C)CN1C(=O)/C(=C\c2ccc(-c3ccc(S(N)(=O)=O)cc3)o2)SC1=S. The molecule has 0 unspecified atom stereocenters. The largest absolute Gasteiger partial charge is 0.457 e. The molecular weight excluding hydrogens is 404 g/mol. The Bertz CT molecular complexity index is 1020. The van der Waals surface area contributed by atoms with Crippen LogP contribution in [0.25, 0.3) is 17.4 Å². The van der Waals surface area contributed by atoms with E-state index in [-0.39, 0.29) is 10.8 Å². The number of hydrogen-bond acceptors (Lipinski definition) is 6. The van der Waals surface area contributed by atoms with E-state index in [1.165, 1.54) is 23.9 Å². The lowest BCUT2D eigenvalue weighted by molar-refractivity contribution is -0.122. The Balaban J connectivity index is 1.81. The molecule has 3 rings (SSSR count). The van der Waals surface area contributed by atoms with Crippen LogP contribution in [0.1, 0.15) is 19.6 Å². The second-order valence-corrected chi connectivity index (χ2v) is 9.69. The first-order valence-corrected chi connectivity index (χ1v) is 10.9. The summed E-state index contributed by atoms with van der Waals surface area (Å²) in [6, 6.07) is 9.58. The number of sulfonamides is 1. The number of benzene rings is 1.